The summed E-state index contributed by atoms with van der Waals surface area (Å²) in [5, 5.41) is 2.70. The fourth-order valence-corrected chi connectivity index (χ4v) is 4.14. The second-order valence-corrected chi connectivity index (χ2v) is 6.24. The van der Waals surface area contributed by atoms with Gasteiger partial charge in [0.25, 0.3) is 0 Å². The van der Waals surface area contributed by atoms with Gasteiger partial charge in [-0.1, -0.05) is 0 Å². The van der Waals surface area contributed by atoms with Gasteiger partial charge in [0.15, 0.2) is 0 Å². The number of hydrogen-bond acceptors (Lipinski definition) is 0. The van der Waals surface area contributed by atoms with Crippen LogP contribution in [0, 0.1) is 6.92 Å². The molecule has 2 aromatic rings. The SMILES string of the molecule is C=C1C=c2ccccc2=[C]1[Ti+2][c]1[nH]ccc1C.[Cl-].[Cl-]. The quantitative estimate of drug-likeness (QED) is 0.534. The number of fused-ring (bicyclic) bond motifs is 1. The predicted octanol–water partition coefficient (Wildman–Crippen LogP) is -4.80. The molecule has 1 N–H and O–H groups in total. The monoisotopic (exact) mass is 325 g/mol. The van der Waals surface area contributed by atoms with Crippen molar-refractivity contribution in [1.82, 2.24) is 4.98 Å². The number of aromatic nitrogens is 1. The molecule has 0 bridgehead atoms. The minimum atomic E-state index is -0.309. The molecule has 96 valence electrons. The van der Waals surface area contributed by atoms with E-state index in [2.05, 4.69) is 54.9 Å². The average Bonchev–Trinajstić information content (AvgIpc) is 2.85. The minimum Gasteiger partial charge on any atom is -1.00 e. The Labute approximate surface area is 134 Å². The molecule has 0 aliphatic heterocycles. The molecule has 0 spiro atoms. The van der Waals surface area contributed by atoms with Gasteiger partial charge in [-0.3, -0.25) is 0 Å². The third-order valence-corrected chi connectivity index (χ3v) is 5.63. The van der Waals surface area contributed by atoms with Gasteiger partial charge in [-0.2, -0.15) is 0 Å². The Morgan fingerprint density at radius 2 is 1.84 bits per heavy atom. The normalized spacial score (nSPS) is 11.8. The van der Waals surface area contributed by atoms with E-state index in [1.165, 1.54) is 29.5 Å². The van der Waals surface area contributed by atoms with E-state index in [-0.39, 0.29) is 44.0 Å². The maximum Gasteiger partial charge on any atom is -1.00 e. The van der Waals surface area contributed by atoms with Gasteiger partial charge in [0.2, 0.25) is 0 Å². The molecule has 0 atom stereocenters. The molecule has 19 heavy (non-hydrogen) atoms. The van der Waals surface area contributed by atoms with Crippen LogP contribution in [0.2, 0.25) is 0 Å². The third-order valence-electron chi connectivity index (χ3n) is 3.09. The molecule has 3 rings (SSSR count). The van der Waals surface area contributed by atoms with Crippen molar-refractivity contribution in [2.75, 3.05) is 0 Å². The number of hydrogen-bond donors (Lipinski definition) is 1. The average molecular weight is 326 g/mol. The number of rotatable bonds is 2. The van der Waals surface area contributed by atoms with Crippen molar-refractivity contribution in [3.8, 4) is 0 Å². The van der Waals surface area contributed by atoms with Crippen LogP contribution in [0.25, 0.3) is 9.95 Å². The van der Waals surface area contributed by atoms with Crippen LogP contribution in [0.1, 0.15) is 5.56 Å². The van der Waals surface area contributed by atoms with Crippen LogP contribution in [0.5, 0.6) is 0 Å². The fraction of sp³-hybridized carbons (Fsp3) is 0.0667. The maximum atomic E-state index is 4.19. The van der Waals surface area contributed by atoms with Crippen molar-refractivity contribution in [1.29, 1.82) is 0 Å². The fourth-order valence-electron chi connectivity index (χ4n) is 2.14. The molecule has 0 saturated heterocycles. The van der Waals surface area contributed by atoms with E-state index in [9.17, 15) is 0 Å². The van der Waals surface area contributed by atoms with Crippen molar-refractivity contribution in [2.24, 2.45) is 0 Å². The summed E-state index contributed by atoms with van der Waals surface area (Å²) in [6.45, 7) is 6.36. The number of benzene rings is 1. The number of allylic oxidation sites excluding steroid dienone is 1. The number of H-pyrrole nitrogens is 1. The van der Waals surface area contributed by atoms with Gasteiger partial charge in [0.1, 0.15) is 0 Å². The molecule has 4 heteroatoms. The first-order valence-corrected chi connectivity index (χ1v) is 7.23. The topological polar surface area (TPSA) is 15.8 Å². The molecule has 1 heterocycles. The summed E-state index contributed by atoms with van der Waals surface area (Å²) >= 11 is -0.309. The molecule has 0 saturated carbocycles. The zero-order valence-electron chi connectivity index (χ0n) is 10.5. The van der Waals surface area contributed by atoms with Gasteiger partial charge in [-0.05, 0) is 0 Å². The molecule has 0 radical (unpaired) electrons. The van der Waals surface area contributed by atoms with E-state index < -0.39 is 0 Å². The minimum absolute atomic E-state index is 0. The molecule has 1 nitrogen and oxygen atoms in total. The third kappa shape index (κ3) is 3.06. The Bertz CT molecular complexity index is 716. The predicted molar refractivity (Wildman–Crippen MR) is 67.9 cm³/mol. The van der Waals surface area contributed by atoms with Gasteiger partial charge in [0.05, 0.1) is 0 Å². The van der Waals surface area contributed by atoms with Gasteiger partial charge in [0, 0.05) is 0 Å². The van der Waals surface area contributed by atoms with Crippen molar-refractivity contribution in [2.45, 2.75) is 6.92 Å². The van der Waals surface area contributed by atoms with Crippen molar-refractivity contribution in [3.63, 3.8) is 0 Å². The molecule has 1 aromatic carbocycles. The molecule has 1 aliphatic rings. The van der Waals surface area contributed by atoms with Crippen molar-refractivity contribution >= 4 is 14.0 Å². The standard InChI is InChI=1S/C10H7.C5H6N.2ClH.Ti/c1-8-6-9-4-2-3-5-10(9)7-8;1-5-2-3-6-4-5;;;/h2-6H,1H2;2-3,6H,1H3;2*1H;/q;;;;+2/p-2. The molecular formula is C15H13Cl2NTi. The summed E-state index contributed by atoms with van der Waals surface area (Å²) in [5.41, 5.74) is 2.56. The Balaban J connectivity index is 0.000000902. The zero-order valence-corrected chi connectivity index (χ0v) is 13.6. The van der Waals surface area contributed by atoms with E-state index >= 15 is 0 Å². The second kappa shape index (κ2) is 6.63. The number of aryl methyl sites for hydroxylation is 1. The molecule has 0 fully saturated rings. The summed E-state index contributed by atoms with van der Waals surface area (Å²) < 4.78 is 2.87. The van der Waals surface area contributed by atoms with Crippen LogP contribution in [0.4, 0.5) is 0 Å². The number of aromatic amines is 1. The van der Waals surface area contributed by atoms with Crippen LogP contribution in [0.3, 0.4) is 0 Å². The Hall–Kier alpha value is -0.726. The van der Waals surface area contributed by atoms with Crippen LogP contribution in [-0.2, 0) is 19.2 Å². The smallest absolute Gasteiger partial charge is 1.00 e. The van der Waals surface area contributed by atoms with Gasteiger partial charge < -0.3 is 24.8 Å². The number of nitrogens with one attached hydrogen (secondary N) is 1. The van der Waals surface area contributed by atoms with Gasteiger partial charge >= 0.3 is 110 Å². The van der Waals surface area contributed by atoms with E-state index in [0.717, 1.165) is 0 Å². The molecule has 0 amide bonds. The van der Waals surface area contributed by atoms with E-state index in [4.69, 9.17) is 0 Å². The van der Waals surface area contributed by atoms with Crippen molar-refractivity contribution in [3.05, 3.63) is 64.7 Å². The van der Waals surface area contributed by atoms with Gasteiger partial charge in [-0.15, -0.1) is 0 Å². The summed E-state index contributed by atoms with van der Waals surface area (Å²) in [7, 11) is 0. The maximum absolute atomic E-state index is 4.19. The Morgan fingerprint density at radius 3 is 2.53 bits per heavy atom. The first-order chi connectivity index (χ1) is 8.25. The van der Waals surface area contributed by atoms with Crippen LogP contribution < -0.4 is 39.3 Å². The Morgan fingerprint density at radius 1 is 1.11 bits per heavy atom. The Kier molecular flexibility index (Phi) is 5.70. The molecular weight excluding hydrogens is 313 g/mol. The van der Waals surface area contributed by atoms with Crippen molar-refractivity contribution < 1.29 is 44.0 Å². The zero-order chi connectivity index (χ0) is 11.8. The molecule has 0 unspecified atom stereocenters. The summed E-state index contributed by atoms with van der Waals surface area (Å²) in [6, 6.07) is 10.7. The van der Waals surface area contributed by atoms with Crippen LogP contribution >= 0.6 is 0 Å². The van der Waals surface area contributed by atoms with E-state index in [0.29, 0.717) is 0 Å². The summed E-state index contributed by atoms with van der Waals surface area (Å²) in [5.74, 6) is 0. The first-order valence-electron chi connectivity index (χ1n) is 5.67. The van der Waals surface area contributed by atoms with Crippen LogP contribution in [0.15, 0.2) is 48.7 Å². The van der Waals surface area contributed by atoms with Gasteiger partial charge in [-0.25, -0.2) is 0 Å². The summed E-state index contributed by atoms with van der Waals surface area (Å²) in [4.78, 5) is 3.36. The summed E-state index contributed by atoms with van der Waals surface area (Å²) in [6.07, 6.45) is 4.23. The van der Waals surface area contributed by atoms with E-state index in [1.807, 2.05) is 6.20 Å². The largest absolute Gasteiger partial charge is 1.00 e. The van der Waals surface area contributed by atoms with Crippen LogP contribution in [-0.4, -0.2) is 4.98 Å². The first kappa shape index (κ1) is 16.3. The number of halogens is 2. The van der Waals surface area contributed by atoms with E-state index in [1.54, 1.807) is 0 Å². The second-order valence-electron chi connectivity index (χ2n) is 4.29. The molecule has 1 aromatic heterocycles. The molecule has 1 aliphatic carbocycles.